The number of amides is 1. The quantitative estimate of drug-likeness (QED) is 0.524. The zero-order valence-electron chi connectivity index (χ0n) is 14.2. The number of hydrogen-bond donors (Lipinski definition) is 1. The highest BCUT2D eigenvalue weighted by atomic mass is 32.1. The smallest absolute Gasteiger partial charge is 0.341 e. The third kappa shape index (κ3) is 4.80. The molecule has 1 aromatic rings. The fourth-order valence-electron chi connectivity index (χ4n) is 3.07. The lowest BCUT2D eigenvalue weighted by Crippen LogP contribution is -2.14. The maximum absolute atomic E-state index is 12.1. The molecular formula is C18H27NO3S. The number of carbonyl (C=O) groups is 2. The van der Waals surface area contributed by atoms with Gasteiger partial charge in [0.1, 0.15) is 5.00 Å². The first kappa shape index (κ1) is 18.0. The van der Waals surface area contributed by atoms with E-state index in [4.69, 9.17) is 4.74 Å². The van der Waals surface area contributed by atoms with Gasteiger partial charge in [0.05, 0.1) is 12.7 Å². The first-order chi connectivity index (χ1) is 11.2. The summed E-state index contributed by atoms with van der Waals surface area (Å²) in [6.45, 7) is 2.20. The maximum atomic E-state index is 12.1. The van der Waals surface area contributed by atoms with E-state index in [-0.39, 0.29) is 11.9 Å². The first-order valence-corrected chi connectivity index (χ1v) is 9.51. The molecule has 0 aliphatic heterocycles. The monoisotopic (exact) mass is 337 g/mol. The molecular weight excluding hydrogens is 310 g/mol. The number of anilines is 1. The van der Waals surface area contributed by atoms with Crippen LogP contribution in [0.4, 0.5) is 5.00 Å². The minimum Gasteiger partial charge on any atom is -0.465 e. The predicted octanol–water partition coefficient (Wildman–Crippen LogP) is 4.71. The molecule has 4 nitrogen and oxygen atoms in total. The van der Waals surface area contributed by atoms with E-state index in [9.17, 15) is 9.59 Å². The first-order valence-electron chi connectivity index (χ1n) is 8.70. The van der Waals surface area contributed by atoms with Crippen LogP contribution in [0.15, 0.2) is 0 Å². The largest absolute Gasteiger partial charge is 0.465 e. The van der Waals surface area contributed by atoms with Crippen molar-refractivity contribution in [3.05, 3.63) is 16.0 Å². The van der Waals surface area contributed by atoms with Crippen LogP contribution in [0.3, 0.4) is 0 Å². The third-order valence-electron chi connectivity index (χ3n) is 4.32. The highest BCUT2D eigenvalue weighted by Gasteiger charge is 2.27. The van der Waals surface area contributed by atoms with Crippen molar-refractivity contribution in [3.63, 3.8) is 0 Å². The Morgan fingerprint density at radius 2 is 1.87 bits per heavy atom. The Morgan fingerprint density at radius 3 is 2.61 bits per heavy atom. The van der Waals surface area contributed by atoms with Crippen molar-refractivity contribution < 1.29 is 14.3 Å². The van der Waals surface area contributed by atoms with Crippen molar-refractivity contribution in [2.24, 2.45) is 0 Å². The van der Waals surface area contributed by atoms with Crippen molar-refractivity contribution in [1.29, 1.82) is 0 Å². The molecule has 0 unspecified atom stereocenters. The van der Waals surface area contributed by atoms with Gasteiger partial charge >= 0.3 is 5.97 Å². The van der Waals surface area contributed by atoms with Crippen LogP contribution in [0.1, 0.15) is 79.1 Å². The lowest BCUT2D eigenvalue weighted by molar-refractivity contribution is -0.116. The van der Waals surface area contributed by atoms with Gasteiger partial charge in [-0.2, -0.15) is 0 Å². The van der Waals surface area contributed by atoms with Crippen molar-refractivity contribution in [1.82, 2.24) is 0 Å². The van der Waals surface area contributed by atoms with E-state index in [1.54, 1.807) is 0 Å². The molecule has 0 spiro atoms. The van der Waals surface area contributed by atoms with Gasteiger partial charge in [0.25, 0.3) is 0 Å². The van der Waals surface area contributed by atoms with Gasteiger partial charge in [0, 0.05) is 11.3 Å². The van der Waals surface area contributed by atoms with Crippen molar-refractivity contribution in [2.45, 2.75) is 71.1 Å². The number of rotatable bonds is 9. The molecule has 5 heteroatoms. The molecule has 0 bridgehead atoms. The number of carbonyl (C=O) groups excluding carboxylic acids is 2. The number of unbranched alkanes of at least 4 members (excludes halogenated alkanes) is 5. The summed E-state index contributed by atoms with van der Waals surface area (Å²) in [5.74, 6) is -0.329. The summed E-state index contributed by atoms with van der Waals surface area (Å²) in [6, 6.07) is 0. The van der Waals surface area contributed by atoms with Gasteiger partial charge in [-0.3, -0.25) is 4.79 Å². The Kier molecular flexibility index (Phi) is 7.09. The van der Waals surface area contributed by atoms with Gasteiger partial charge in [-0.05, 0) is 31.2 Å². The van der Waals surface area contributed by atoms with Crippen LogP contribution in [0.5, 0.6) is 0 Å². The molecule has 128 valence electrons. The summed E-state index contributed by atoms with van der Waals surface area (Å²) >= 11 is 1.54. The molecule has 0 atom stereocenters. The number of ether oxygens (including phenoxy) is 1. The highest BCUT2D eigenvalue weighted by molar-refractivity contribution is 7.17. The standard InChI is InChI=1S/C18H27NO3S/c1-3-4-5-6-7-8-12-15(20)19-17-16(18(21)22-2)13-10-9-11-14(13)23-17/h3-12H2,1-2H3,(H,19,20). The van der Waals surface area contributed by atoms with Crippen molar-refractivity contribution in [3.8, 4) is 0 Å². The Balaban J connectivity index is 1.87. The van der Waals surface area contributed by atoms with Crippen molar-refractivity contribution in [2.75, 3.05) is 12.4 Å². The van der Waals surface area contributed by atoms with Gasteiger partial charge in [-0.1, -0.05) is 39.0 Å². The Morgan fingerprint density at radius 1 is 1.13 bits per heavy atom. The molecule has 23 heavy (non-hydrogen) atoms. The lowest BCUT2D eigenvalue weighted by atomic mass is 10.1. The summed E-state index contributed by atoms with van der Waals surface area (Å²) in [5, 5.41) is 3.61. The molecule has 1 aliphatic rings. The van der Waals surface area contributed by atoms with Crippen LogP contribution < -0.4 is 5.32 Å². The van der Waals surface area contributed by atoms with Crippen LogP contribution >= 0.6 is 11.3 Å². The molecule has 0 radical (unpaired) electrons. The average Bonchev–Trinajstić information content (AvgIpc) is 3.10. The zero-order valence-corrected chi connectivity index (χ0v) is 15.0. The van der Waals surface area contributed by atoms with Crippen LogP contribution in [-0.4, -0.2) is 19.0 Å². The Labute approximate surface area is 142 Å². The number of esters is 1. The molecule has 2 rings (SSSR count). The fourth-order valence-corrected chi connectivity index (χ4v) is 4.36. The van der Waals surface area contributed by atoms with E-state index in [1.807, 2.05) is 0 Å². The lowest BCUT2D eigenvalue weighted by Gasteiger charge is -2.07. The van der Waals surface area contributed by atoms with Crippen LogP contribution in [-0.2, 0) is 22.4 Å². The van der Waals surface area contributed by atoms with Gasteiger partial charge in [-0.15, -0.1) is 11.3 Å². The third-order valence-corrected chi connectivity index (χ3v) is 5.53. The summed E-state index contributed by atoms with van der Waals surface area (Å²) in [4.78, 5) is 25.4. The molecule has 1 aromatic heterocycles. The second kappa shape index (κ2) is 9.06. The molecule has 0 fully saturated rings. The average molecular weight is 337 g/mol. The number of hydrogen-bond acceptors (Lipinski definition) is 4. The SMILES string of the molecule is CCCCCCCCC(=O)Nc1sc2c(c1C(=O)OC)CCC2. The zero-order chi connectivity index (χ0) is 16.7. The van der Waals surface area contributed by atoms with Crippen LogP contribution in [0, 0.1) is 0 Å². The molecule has 0 saturated heterocycles. The van der Waals surface area contributed by atoms with Crippen molar-refractivity contribution >= 4 is 28.2 Å². The molecule has 0 saturated carbocycles. The normalized spacial score (nSPS) is 13.0. The number of fused-ring (bicyclic) bond motifs is 1. The Bertz CT molecular complexity index is 551. The predicted molar refractivity (Wildman–Crippen MR) is 94.3 cm³/mol. The summed E-state index contributed by atoms with van der Waals surface area (Å²) in [5.41, 5.74) is 1.66. The summed E-state index contributed by atoms with van der Waals surface area (Å²) in [7, 11) is 1.39. The molecule has 1 amide bonds. The number of aryl methyl sites for hydroxylation is 1. The number of nitrogens with one attached hydrogen (secondary N) is 1. The van der Waals surface area contributed by atoms with E-state index >= 15 is 0 Å². The summed E-state index contributed by atoms with van der Waals surface area (Å²) in [6.07, 6.45) is 10.5. The van der Waals surface area contributed by atoms with Gasteiger partial charge in [0.15, 0.2) is 0 Å². The van der Waals surface area contributed by atoms with E-state index in [0.29, 0.717) is 17.0 Å². The van der Waals surface area contributed by atoms with Gasteiger partial charge in [0.2, 0.25) is 5.91 Å². The van der Waals surface area contributed by atoms with Gasteiger partial charge in [-0.25, -0.2) is 4.79 Å². The van der Waals surface area contributed by atoms with Crippen LogP contribution in [0.25, 0.3) is 0 Å². The summed E-state index contributed by atoms with van der Waals surface area (Å²) < 4.78 is 4.89. The number of thiophene rings is 1. The number of methoxy groups -OCH3 is 1. The maximum Gasteiger partial charge on any atom is 0.341 e. The van der Waals surface area contributed by atoms with Gasteiger partial charge < -0.3 is 10.1 Å². The van der Waals surface area contributed by atoms with E-state index in [1.165, 1.54) is 49.0 Å². The minimum absolute atomic E-state index is 0.00516. The van der Waals surface area contributed by atoms with Crippen LogP contribution in [0.2, 0.25) is 0 Å². The fraction of sp³-hybridized carbons (Fsp3) is 0.667. The molecule has 1 heterocycles. The van der Waals surface area contributed by atoms with E-state index < -0.39 is 0 Å². The molecule has 0 aromatic carbocycles. The topological polar surface area (TPSA) is 55.4 Å². The molecule has 1 aliphatic carbocycles. The second-order valence-corrected chi connectivity index (χ2v) is 7.22. The highest BCUT2D eigenvalue weighted by Crippen LogP contribution is 2.39. The Hall–Kier alpha value is -1.36. The molecule has 1 N–H and O–H groups in total. The second-order valence-electron chi connectivity index (χ2n) is 6.12. The minimum atomic E-state index is -0.334. The van der Waals surface area contributed by atoms with E-state index in [2.05, 4.69) is 12.2 Å². The van der Waals surface area contributed by atoms with E-state index in [0.717, 1.165) is 37.7 Å².